The van der Waals surface area contributed by atoms with Crippen molar-refractivity contribution in [3.8, 4) is 5.75 Å². The Balaban J connectivity index is 2.59. The fourth-order valence-electron chi connectivity index (χ4n) is 1.94. The van der Waals surface area contributed by atoms with E-state index in [0.717, 1.165) is 17.7 Å². The summed E-state index contributed by atoms with van der Waals surface area (Å²) >= 11 is 0. The Kier molecular flexibility index (Phi) is 3.32. The first kappa shape index (κ1) is 12.5. The van der Waals surface area contributed by atoms with Gasteiger partial charge in [0, 0.05) is 16.8 Å². The normalized spacial score (nSPS) is 11.2. The molecule has 1 aromatic carbocycles. The van der Waals surface area contributed by atoms with Gasteiger partial charge in [-0.3, -0.25) is 4.98 Å². The van der Waals surface area contributed by atoms with Crippen LogP contribution < -0.4 is 10.5 Å². The van der Waals surface area contributed by atoms with Crippen LogP contribution in [0.4, 0.5) is 14.5 Å². The number of nitrogens with two attached hydrogens (primary N) is 1. The van der Waals surface area contributed by atoms with Crippen LogP contribution in [0.15, 0.2) is 18.2 Å². The Morgan fingerprint density at radius 1 is 1.39 bits per heavy atom. The van der Waals surface area contributed by atoms with Crippen LogP contribution in [0, 0.1) is 6.92 Å². The van der Waals surface area contributed by atoms with E-state index in [0.29, 0.717) is 16.6 Å². The SMILES string of the molecule is CCc1nc2ccc(OC(F)F)cc2c(N)c1C. The summed E-state index contributed by atoms with van der Waals surface area (Å²) < 4.78 is 28.7. The molecule has 0 spiro atoms. The van der Waals surface area contributed by atoms with Crippen LogP contribution in [0.3, 0.4) is 0 Å². The standard InChI is InChI=1S/C13H14F2N2O/c1-3-10-7(2)12(16)9-6-8(18-13(14)15)4-5-11(9)17-10/h4-6,13H,3H2,1-2H3,(H2,16,17). The highest BCUT2D eigenvalue weighted by Gasteiger charge is 2.10. The molecule has 18 heavy (non-hydrogen) atoms. The number of anilines is 1. The topological polar surface area (TPSA) is 48.1 Å². The Labute approximate surface area is 104 Å². The minimum absolute atomic E-state index is 0.0923. The van der Waals surface area contributed by atoms with Crippen molar-refractivity contribution < 1.29 is 13.5 Å². The Hall–Kier alpha value is -1.91. The number of nitrogens with zero attached hydrogens (tertiary/aromatic N) is 1. The fraction of sp³-hybridized carbons (Fsp3) is 0.308. The van der Waals surface area contributed by atoms with Gasteiger partial charge in [0.1, 0.15) is 5.75 Å². The summed E-state index contributed by atoms with van der Waals surface area (Å²) in [7, 11) is 0. The lowest BCUT2D eigenvalue weighted by Crippen LogP contribution is -2.03. The van der Waals surface area contributed by atoms with Gasteiger partial charge in [-0.05, 0) is 37.1 Å². The number of rotatable bonds is 3. The molecule has 2 aromatic rings. The van der Waals surface area contributed by atoms with E-state index in [1.165, 1.54) is 12.1 Å². The molecule has 0 amide bonds. The molecule has 0 radical (unpaired) electrons. The first-order valence-electron chi connectivity index (χ1n) is 5.66. The van der Waals surface area contributed by atoms with E-state index in [-0.39, 0.29) is 5.75 Å². The zero-order valence-corrected chi connectivity index (χ0v) is 10.2. The summed E-state index contributed by atoms with van der Waals surface area (Å²) in [4.78, 5) is 4.45. The van der Waals surface area contributed by atoms with Gasteiger partial charge in [0.15, 0.2) is 0 Å². The molecule has 3 nitrogen and oxygen atoms in total. The van der Waals surface area contributed by atoms with Crippen LogP contribution in [0.5, 0.6) is 5.75 Å². The largest absolute Gasteiger partial charge is 0.435 e. The van der Waals surface area contributed by atoms with Crippen molar-refractivity contribution in [1.29, 1.82) is 0 Å². The first-order chi connectivity index (χ1) is 8.52. The van der Waals surface area contributed by atoms with E-state index in [2.05, 4.69) is 9.72 Å². The van der Waals surface area contributed by atoms with Crippen LogP contribution in [0.2, 0.25) is 0 Å². The molecule has 96 valence electrons. The molecular weight excluding hydrogens is 238 g/mol. The summed E-state index contributed by atoms with van der Waals surface area (Å²) in [5.41, 5.74) is 9.08. The van der Waals surface area contributed by atoms with E-state index in [1.807, 2.05) is 13.8 Å². The lowest BCUT2D eigenvalue weighted by molar-refractivity contribution is -0.0497. The van der Waals surface area contributed by atoms with Crippen molar-refractivity contribution in [2.24, 2.45) is 0 Å². The minimum Gasteiger partial charge on any atom is -0.435 e. The number of ether oxygens (including phenoxy) is 1. The maximum atomic E-state index is 12.2. The average Bonchev–Trinajstić information content (AvgIpc) is 2.33. The molecule has 5 heteroatoms. The number of hydrogen-bond acceptors (Lipinski definition) is 3. The highest BCUT2D eigenvalue weighted by Crippen LogP contribution is 2.29. The molecule has 0 saturated heterocycles. The molecule has 2 N–H and O–H groups in total. The number of aromatic nitrogens is 1. The van der Waals surface area contributed by atoms with Gasteiger partial charge in [0.2, 0.25) is 0 Å². The molecule has 0 aliphatic heterocycles. The number of benzene rings is 1. The van der Waals surface area contributed by atoms with E-state index in [9.17, 15) is 8.78 Å². The molecule has 0 aliphatic rings. The molecule has 1 heterocycles. The minimum atomic E-state index is -2.84. The summed E-state index contributed by atoms with van der Waals surface area (Å²) in [6, 6.07) is 4.61. The van der Waals surface area contributed by atoms with Crippen LogP contribution >= 0.6 is 0 Å². The second kappa shape index (κ2) is 4.76. The van der Waals surface area contributed by atoms with Crippen molar-refractivity contribution in [1.82, 2.24) is 4.98 Å². The maximum absolute atomic E-state index is 12.2. The zero-order chi connectivity index (χ0) is 13.3. The quantitative estimate of drug-likeness (QED) is 0.911. The van der Waals surface area contributed by atoms with Gasteiger partial charge in [-0.1, -0.05) is 6.92 Å². The number of halogens is 2. The molecule has 0 bridgehead atoms. The molecule has 0 unspecified atom stereocenters. The lowest BCUT2D eigenvalue weighted by atomic mass is 10.1. The van der Waals surface area contributed by atoms with Gasteiger partial charge in [-0.2, -0.15) is 8.78 Å². The monoisotopic (exact) mass is 252 g/mol. The van der Waals surface area contributed by atoms with Crippen LogP contribution in [-0.2, 0) is 6.42 Å². The van der Waals surface area contributed by atoms with Crippen LogP contribution in [-0.4, -0.2) is 11.6 Å². The van der Waals surface area contributed by atoms with Crippen molar-refractivity contribution in [2.75, 3.05) is 5.73 Å². The van der Waals surface area contributed by atoms with E-state index < -0.39 is 6.61 Å². The third-order valence-electron chi connectivity index (χ3n) is 2.91. The van der Waals surface area contributed by atoms with E-state index in [4.69, 9.17) is 5.73 Å². The Morgan fingerprint density at radius 3 is 2.72 bits per heavy atom. The van der Waals surface area contributed by atoms with Crippen molar-refractivity contribution >= 4 is 16.6 Å². The van der Waals surface area contributed by atoms with Crippen LogP contribution in [0.25, 0.3) is 10.9 Å². The second-order valence-electron chi connectivity index (χ2n) is 4.01. The molecule has 0 atom stereocenters. The van der Waals surface area contributed by atoms with E-state index >= 15 is 0 Å². The molecule has 0 fully saturated rings. The number of alkyl halides is 2. The predicted molar refractivity (Wildman–Crippen MR) is 66.9 cm³/mol. The molecular formula is C13H14F2N2O. The fourth-order valence-corrected chi connectivity index (χ4v) is 1.94. The Bertz CT molecular complexity index is 585. The molecule has 2 rings (SSSR count). The Morgan fingerprint density at radius 2 is 2.11 bits per heavy atom. The van der Waals surface area contributed by atoms with Gasteiger partial charge < -0.3 is 10.5 Å². The number of pyridine rings is 1. The number of nitrogen functional groups attached to an aromatic ring is 1. The molecule has 0 aliphatic carbocycles. The second-order valence-corrected chi connectivity index (χ2v) is 4.01. The summed E-state index contributed by atoms with van der Waals surface area (Å²) in [6.07, 6.45) is 0.779. The molecule has 1 aromatic heterocycles. The first-order valence-corrected chi connectivity index (χ1v) is 5.66. The summed E-state index contributed by atoms with van der Waals surface area (Å²) in [6.45, 7) is 1.03. The number of aryl methyl sites for hydroxylation is 1. The lowest BCUT2D eigenvalue weighted by Gasteiger charge is -2.11. The number of fused-ring (bicyclic) bond motifs is 1. The summed E-state index contributed by atoms with van der Waals surface area (Å²) in [5.74, 6) is 0.0923. The van der Waals surface area contributed by atoms with Gasteiger partial charge in [0.05, 0.1) is 5.52 Å². The van der Waals surface area contributed by atoms with Crippen molar-refractivity contribution in [3.63, 3.8) is 0 Å². The van der Waals surface area contributed by atoms with Gasteiger partial charge in [-0.15, -0.1) is 0 Å². The third-order valence-corrected chi connectivity index (χ3v) is 2.91. The smallest absolute Gasteiger partial charge is 0.387 e. The van der Waals surface area contributed by atoms with E-state index in [1.54, 1.807) is 6.07 Å². The zero-order valence-electron chi connectivity index (χ0n) is 10.2. The maximum Gasteiger partial charge on any atom is 0.387 e. The van der Waals surface area contributed by atoms with Crippen molar-refractivity contribution in [2.45, 2.75) is 26.9 Å². The van der Waals surface area contributed by atoms with Crippen molar-refractivity contribution in [3.05, 3.63) is 29.5 Å². The predicted octanol–water partition coefficient (Wildman–Crippen LogP) is 3.29. The van der Waals surface area contributed by atoms with Gasteiger partial charge in [0.25, 0.3) is 0 Å². The summed E-state index contributed by atoms with van der Waals surface area (Å²) in [5, 5.41) is 0.642. The average molecular weight is 252 g/mol. The third kappa shape index (κ3) is 2.20. The van der Waals surface area contributed by atoms with Crippen LogP contribution in [0.1, 0.15) is 18.2 Å². The molecule has 0 saturated carbocycles. The highest BCUT2D eigenvalue weighted by molar-refractivity contribution is 5.93. The van der Waals surface area contributed by atoms with Gasteiger partial charge >= 0.3 is 6.61 Å². The number of hydrogen-bond donors (Lipinski definition) is 1. The van der Waals surface area contributed by atoms with Gasteiger partial charge in [-0.25, -0.2) is 0 Å². The highest BCUT2D eigenvalue weighted by atomic mass is 19.3.